The first-order valence-corrected chi connectivity index (χ1v) is 6.43. The minimum absolute atomic E-state index is 0.0243. The summed E-state index contributed by atoms with van der Waals surface area (Å²) in [4.78, 5) is 24.1. The fourth-order valence-electron chi connectivity index (χ4n) is 2.42. The average Bonchev–Trinajstić information content (AvgIpc) is 2.78. The summed E-state index contributed by atoms with van der Waals surface area (Å²) >= 11 is 0. The Kier molecular flexibility index (Phi) is 4.48. The normalized spacial score (nSPS) is 22.4. The number of aromatic nitrogens is 2. The summed E-state index contributed by atoms with van der Waals surface area (Å²) in [6, 6.07) is -0.0243. The molecule has 0 aromatic carbocycles. The van der Waals surface area contributed by atoms with Crippen molar-refractivity contribution in [2.45, 2.75) is 18.6 Å². The van der Waals surface area contributed by atoms with Crippen LogP contribution < -0.4 is 11.3 Å². The van der Waals surface area contributed by atoms with Crippen molar-refractivity contribution in [2.24, 2.45) is 5.84 Å². The number of hydrogen-bond acceptors (Lipinski definition) is 7. The van der Waals surface area contributed by atoms with E-state index in [2.05, 4.69) is 15.4 Å². The van der Waals surface area contributed by atoms with Gasteiger partial charge in [-0.1, -0.05) is 0 Å². The van der Waals surface area contributed by atoms with Crippen LogP contribution in [0.3, 0.4) is 0 Å². The van der Waals surface area contributed by atoms with Crippen molar-refractivity contribution < 1.29 is 9.90 Å². The number of anilines is 1. The SMILES string of the molecule is CN(C)CC1CC(O)CN1C(=O)c1cncc(NN)n1. The maximum absolute atomic E-state index is 12.5. The highest BCUT2D eigenvalue weighted by Crippen LogP contribution is 2.20. The number of nitrogens with zero attached hydrogens (tertiary/aromatic N) is 4. The largest absolute Gasteiger partial charge is 0.391 e. The molecule has 0 radical (unpaired) electrons. The van der Waals surface area contributed by atoms with Crippen molar-refractivity contribution in [3.8, 4) is 0 Å². The minimum atomic E-state index is -0.493. The zero-order chi connectivity index (χ0) is 14.7. The summed E-state index contributed by atoms with van der Waals surface area (Å²) < 4.78 is 0. The Balaban J connectivity index is 2.17. The van der Waals surface area contributed by atoms with Gasteiger partial charge in [0.2, 0.25) is 0 Å². The van der Waals surface area contributed by atoms with Gasteiger partial charge in [-0.05, 0) is 20.5 Å². The van der Waals surface area contributed by atoms with Crippen LogP contribution in [0.15, 0.2) is 12.4 Å². The predicted octanol–water partition coefficient (Wildman–Crippen LogP) is -1.10. The number of β-amino-alcohol motifs (C(OH)–C–C–N with tert-alkyl or cyclic N) is 1. The topological polar surface area (TPSA) is 108 Å². The Morgan fingerprint density at radius 2 is 2.35 bits per heavy atom. The third kappa shape index (κ3) is 3.21. The molecule has 110 valence electrons. The fourth-order valence-corrected chi connectivity index (χ4v) is 2.42. The van der Waals surface area contributed by atoms with Gasteiger partial charge < -0.3 is 20.3 Å². The van der Waals surface area contributed by atoms with Gasteiger partial charge in [0, 0.05) is 19.1 Å². The first-order valence-electron chi connectivity index (χ1n) is 6.43. The van der Waals surface area contributed by atoms with Gasteiger partial charge >= 0.3 is 0 Å². The lowest BCUT2D eigenvalue weighted by Crippen LogP contribution is -2.41. The molecule has 1 amide bonds. The molecule has 1 fully saturated rings. The Morgan fingerprint density at radius 3 is 3.00 bits per heavy atom. The van der Waals surface area contributed by atoms with Crippen molar-refractivity contribution in [3.05, 3.63) is 18.1 Å². The van der Waals surface area contributed by atoms with E-state index in [9.17, 15) is 9.90 Å². The molecule has 2 rings (SSSR count). The Hall–Kier alpha value is -1.77. The van der Waals surface area contributed by atoms with Crippen molar-refractivity contribution in [2.75, 3.05) is 32.6 Å². The molecule has 1 aromatic heterocycles. The first kappa shape index (κ1) is 14.6. The zero-order valence-electron chi connectivity index (χ0n) is 11.7. The second kappa shape index (κ2) is 6.12. The van der Waals surface area contributed by atoms with E-state index < -0.39 is 6.10 Å². The number of carbonyl (C=O) groups excluding carboxylic acids is 1. The number of nitrogens with two attached hydrogens (primary N) is 1. The number of nitrogens with one attached hydrogen (secondary N) is 1. The molecule has 1 aliphatic heterocycles. The average molecular weight is 280 g/mol. The number of hydrogen-bond donors (Lipinski definition) is 3. The van der Waals surface area contributed by atoms with Gasteiger partial charge in [0.25, 0.3) is 5.91 Å². The monoisotopic (exact) mass is 280 g/mol. The van der Waals surface area contributed by atoms with E-state index in [4.69, 9.17) is 5.84 Å². The van der Waals surface area contributed by atoms with E-state index in [-0.39, 0.29) is 17.6 Å². The van der Waals surface area contributed by atoms with E-state index in [0.29, 0.717) is 25.3 Å². The van der Waals surface area contributed by atoms with Gasteiger partial charge in [0.15, 0.2) is 5.82 Å². The van der Waals surface area contributed by atoms with Crippen LogP contribution in [-0.2, 0) is 0 Å². The molecule has 20 heavy (non-hydrogen) atoms. The van der Waals surface area contributed by atoms with Gasteiger partial charge in [-0.3, -0.25) is 9.78 Å². The van der Waals surface area contributed by atoms with E-state index in [1.54, 1.807) is 4.90 Å². The number of aliphatic hydroxyl groups is 1. The molecule has 1 aliphatic rings. The molecule has 1 saturated heterocycles. The molecule has 1 aromatic rings. The summed E-state index contributed by atoms with van der Waals surface area (Å²) in [6.45, 7) is 1.02. The minimum Gasteiger partial charge on any atom is -0.391 e. The summed E-state index contributed by atoms with van der Waals surface area (Å²) in [7, 11) is 3.87. The van der Waals surface area contributed by atoms with Crippen LogP contribution in [0.25, 0.3) is 0 Å². The highest BCUT2D eigenvalue weighted by atomic mass is 16.3. The highest BCUT2D eigenvalue weighted by molar-refractivity contribution is 5.92. The smallest absolute Gasteiger partial charge is 0.274 e. The molecule has 4 N–H and O–H groups in total. The number of aliphatic hydroxyl groups excluding tert-OH is 1. The van der Waals surface area contributed by atoms with Crippen molar-refractivity contribution in [3.63, 3.8) is 0 Å². The number of carbonyl (C=O) groups is 1. The quantitative estimate of drug-likeness (QED) is 0.474. The maximum atomic E-state index is 12.5. The third-order valence-corrected chi connectivity index (χ3v) is 3.23. The Labute approximate surface area is 117 Å². The van der Waals surface area contributed by atoms with Crippen molar-refractivity contribution in [1.29, 1.82) is 0 Å². The summed E-state index contributed by atoms with van der Waals surface area (Å²) in [5.41, 5.74) is 2.58. The van der Waals surface area contributed by atoms with Crippen LogP contribution in [-0.4, -0.2) is 70.1 Å². The van der Waals surface area contributed by atoms with Gasteiger partial charge in [0.05, 0.1) is 18.5 Å². The number of likely N-dealkylation sites (tertiary alicyclic amines) is 1. The lowest BCUT2D eigenvalue weighted by atomic mass is 10.2. The fraction of sp³-hybridized carbons (Fsp3) is 0.583. The second-order valence-corrected chi connectivity index (χ2v) is 5.20. The number of nitrogen functional groups attached to an aromatic ring is 1. The molecule has 0 bridgehead atoms. The second-order valence-electron chi connectivity index (χ2n) is 5.20. The molecule has 2 heterocycles. The molecule has 0 saturated carbocycles. The molecular weight excluding hydrogens is 260 g/mol. The molecule has 2 atom stereocenters. The van der Waals surface area contributed by atoms with Crippen LogP contribution in [0.5, 0.6) is 0 Å². The molecule has 2 unspecified atom stereocenters. The molecule has 0 aliphatic carbocycles. The van der Waals surface area contributed by atoms with E-state index in [1.165, 1.54) is 12.4 Å². The number of rotatable bonds is 4. The molecular formula is C12H20N6O2. The Morgan fingerprint density at radius 1 is 1.60 bits per heavy atom. The molecule has 8 heteroatoms. The van der Waals surface area contributed by atoms with Gasteiger partial charge in [-0.15, -0.1) is 0 Å². The van der Waals surface area contributed by atoms with Crippen molar-refractivity contribution in [1.82, 2.24) is 19.8 Å². The number of likely N-dealkylation sites (N-methyl/N-ethyl adjacent to an activating group) is 1. The third-order valence-electron chi connectivity index (χ3n) is 3.23. The van der Waals surface area contributed by atoms with Crippen LogP contribution >= 0.6 is 0 Å². The van der Waals surface area contributed by atoms with E-state index in [1.807, 2.05) is 19.0 Å². The summed E-state index contributed by atoms with van der Waals surface area (Å²) in [5, 5.41) is 9.80. The lowest BCUT2D eigenvalue weighted by molar-refractivity contribution is 0.0693. The van der Waals surface area contributed by atoms with Crippen LogP contribution in [0.2, 0.25) is 0 Å². The Bertz CT molecular complexity index is 481. The van der Waals surface area contributed by atoms with Gasteiger partial charge in [0.1, 0.15) is 5.69 Å². The van der Waals surface area contributed by atoms with Gasteiger partial charge in [-0.2, -0.15) is 0 Å². The first-order chi connectivity index (χ1) is 9.51. The van der Waals surface area contributed by atoms with Crippen LogP contribution in [0.1, 0.15) is 16.9 Å². The lowest BCUT2D eigenvalue weighted by Gasteiger charge is -2.26. The number of hydrazine groups is 1. The zero-order valence-corrected chi connectivity index (χ0v) is 11.7. The van der Waals surface area contributed by atoms with Crippen LogP contribution in [0, 0.1) is 0 Å². The number of amides is 1. The van der Waals surface area contributed by atoms with E-state index in [0.717, 1.165) is 0 Å². The highest BCUT2D eigenvalue weighted by Gasteiger charge is 2.35. The maximum Gasteiger partial charge on any atom is 0.274 e. The summed E-state index contributed by atoms with van der Waals surface area (Å²) in [5.74, 6) is 5.36. The van der Waals surface area contributed by atoms with Crippen LogP contribution in [0.4, 0.5) is 5.82 Å². The van der Waals surface area contributed by atoms with Gasteiger partial charge in [-0.25, -0.2) is 10.8 Å². The standard InChI is InChI=1S/C12H20N6O2/c1-17(2)6-8-3-9(19)7-18(8)12(20)10-4-14-5-11(15-10)16-13/h4-5,8-9,19H,3,6-7,13H2,1-2H3,(H,15,16). The van der Waals surface area contributed by atoms with E-state index >= 15 is 0 Å². The molecule has 8 nitrogen and oxygen atoms in total. The summed E-state index contributed by atoms with van der Waals surface area (Å²) in [6.07, 6.45) is 2.92. The van der Waals surface area contributed by atoms with Crippen molar-refractivity contribution >= 4 is 11.7 Å². The molecule has 0 spiro atoms. The predicted molar refractivity (Wildman–Crippen MR) is 73.8 cm³/mol.